The Labute approximate surface area is 158 Å². The molecule has 0 aromatic carbocycles. The van der Waals surface area contributed by atoms with Gasteiger partial charge < -0.3 is 31.7 Å². The molecule has 0 aromatic rings. The summed E-state index contributed by atoms with van der Waals surface area (Å²) in [5.74, 6) is -0.209. The Bertz CT molecular complexity index is 386. The number of carbonyl (C=O) groups is 2. The van der Waals surface area contributed by atoms with Gasteiger partial charge in [-0.15, -0.1) is 0 Å². The van der Waals surface area contributed by atoms with Crippen LogP contribution in [0.25, 0.3) is 0 Å². The Morgan fingerprint density at radius 1 is 0.923 bits per heavy atom. The Morgan fingerprint density at radius 2 is 1.46 bits per heavy atom. The molecule has 0 rings (SSSR count). The third kappa shape index (κ3) is 16.1. The van der Waals surface area contributed by atoms with Crippen LogP contribution in [0.1, 0.15) is 53.4 Å². The van der Waals surface area contributed by atoms with Crippen molar-refractivity contribution in [1.29, 1.82) is 0 Å². The van der Waals surface area contributed by atoms with Gasteiger partial charge in [0.1, 0.15) is 11.6 Å². The topological polar surface area (TPSA) is 118 Å². The Kier molecular flexibility index (Phi) is 14.0. The number of hydrogen-bond acceptors (Lipinski definition) is 6. The second kappa shape index (κ2) is 14.8. The molecule has 8 heteroatoms. The summed E-state index contributed by atoms with van der Waals surface area (Å²) in [5, 5.41) is 12.1. The molecule has 1 atom stereocenters. The molecule has 0 aliphatic heterocycles. The number of nitrogens with one attached hydrogen (secondary N) is 4. The van der Waals surface area contributed by atoms with Gasteiger partial charge in [0.05, 0.1) is 0 Å². The number of ether oxygens (including phenoxy) is 1. The lowest BCUT2D eigenvalue weighted by atomic mass is 10.2. The fraction of sp³-hybridized carbons (Fsp3) is 0.889. The zero-order valence-electron chi connectivity index (χ0n) is 17.0. The largest absolute Gasteiger partial charge is 0.444 e. The molecular weight excluding hydrogens is 334 g/mol. The van der Waals surface area contributed by atoms with Crippen molar-refractivity contribution in [2.45, 2.75) is 65.0 Å². The van der Waals surface area contributed by atoms with Crippen LogP contribution in [0.5, 0.6) is 0 Å². The molecule has 0 heterocycles. The smallest absolute Gasteiger partial charge is 0.408 e. The number of carbonyl (C=O) groups excluding carboxylic acids is 2. The molecule has 26 heavy (non-hydrogen) atoms. The molecule has 0 saturated heterocycles. The van der Waals surface area contributed by atoms with Crippen molar-refractivity contribution >= 4 is 12.0 Å². The first-order valence-corrected chi connectivity index (χ1v) is 9.65. The molecule has 8 nitrogen and oxygen atoms in total. The van der Waals surface area contributed by atoms with Crippen LogP contribution in [0.4, 0.5) is 4.79 Å². The third-order valence-electron chi connectivity index (χ3n) is 3.47. The molecule has 0 unspecified atom stereocenters. The lowest BCUT2D eigenvalue weighted by Crippen LogP contribution is -2.46. The van der Waals surface area contributed by atoms with Crippen LogP contribution in [0.3, 0.4) is 0 Å². The number of amides is 2. The molecule has 6 N–H and O–H groups in total. The highest BCUT2D eigenvalue weighted by molar-refractivity contribution is 5.85. The first-order valence-electron chi connectivity index (χ1n) is 9.65. The van der Waals surface area contributed by atoms with Crippen LogP contribution in [-0.2, 0) is 9.53 Å². The van der Waals surface area contributed by atoms with E-state index in [4.69, 9.17) is 10.5 Å². The fourth-order valence-electron chi connectivity index (χ4n) is 2.11. The van der Waals surface area contributed by atoms with Crippen LogP contribution >= 0.6 is 0 Å². The lowest BCUT2D eigenvalue weighted by molar-refractivity contribution is -0.122. The van der Waals surface area contributed by atoms with Gasteiger partial charge in [0.25, 0.3) is 0 Å². The third-order valence-corrected chi connectivity index (χ3v) is 3.47. The second-order valence-electron chi connectivity index (χ2n) is 7.36. The van der Waals surface area contributed by atoms with Crippen LogP contribution in [-0.4, -0.2) is 62.9 Å². The van der Waals surface area contributed by atoms with Gasteiger partial charge >= 0.3 is 6.09 Å². The minimum absolute atomic E-state index is 0.209. The Balaban J connectivity index is 3.52. The fourth-order valence-corrected chi connectivity index (χ4v) is 2.11. The highest BCUT2D eigenvalue weighted by atomic mass is 16.6. The lowest BCUT2D eigenvalue weighted by Gasteiger charge is -2.21. The zero-order chi connectivity index (χ0) is 19.8. The Morgan fingerprint density at radius 3 is 2.00 bits per heavy atom. The average Bonchev–Trinajstić information content (AvgIpc) is 2.53. The molecule has 0 fully saturated rings. The summed E-state index contributed by atoms with van der Waals surface area (Å²) in [7, 11) is 0. The summed E-state index contributed by atoms with van der Waals surface area (Å²) in [6, 6.07) is -0.621. The molecule has 0 bridgehead atoms. The number of unbranched alkanes of at least 4 members (excludes halogenated alkanes) is 1. The van der Waals surface area contributed by atoms with Crippen molar-refractivity contribution < 1.29 is 14.3 Å². The highest BCUT2D eigenvalue weighted by Crippen LogP contribution is 2.06. The predicted octanol–water partition coefficient (Wildman–Crippen LogP) is 0.714. The minimum Gasteiger partial charge on any atom is -0.444 e. The van der Waals surface area contributed by atoms with E-state index in [1.54, 1.807) is 27.7 Å². The van der Waals surface area contributed by atoms with Crippen LogP contribution in [0.15, 0.2) is 0 Å². The summed E-state index contributed by atoms with van der Waals surface area (Å²) >= 11 is 0. The van der Waals surface area contributed by atoms with Gasteiger partial charge in [0, 0.05) is 6.54 Å². The molecule has 0 aliphatic carbocycles. The van der Waals surface area contributed by atoms with Crippen molar-refractivity contribution in [3.63, 3.8) is 0 Å². The van der Waals surface area contributed by atoms with Crippen molar-refractivity contribution in [2.24, 2.45) is 5.73 Å². The first kappa shape index (κ1) is 24.6. The summed E-state index contributed by atoms with van der Waals surface area (Å²) in [6.45, 7) is 12.1. The van der Waals surface area contributed by atoms with Crippen molar-refractivity contribution in [3.05, 3.63) is 0 Å². The van der Waals surface area contributed by atoms with Crippen LogP contribution in [0, 0.1) is 0 Å². The van der Waals surface area contributed by atoms with E-state index >= 15 is 0 Å². The summed E-state index contributed by atoms with van der Waals surface area (Å²) in [5.41, 5.74) is 4.85. The van der Waals surface area contributed by atoms with Gasteiger partial charge in [-0.3, -0.25) is 4.79 Å². The van der Waals surface area contributed by atoms with Gasteiger partial charge in [-0.2, -0.15) is 0 Å². The van der Waals surface area contributed by atoms with Crippen molar-refractivity contribution in [3.8, 4) is 0 Å². The number of nitrogens with two attached hydrogens (primary N) is 1. The van der Waals surface area contributed by atoms with E-state index in [2.05, 4.69) is 21.3 Å². The first-order chi connectivity index (χ1) is 12.3. The van der Waals surface area contributed by atoms with E-state index in [1.807, 2.05) is 0 Å². The summed E-state index contributed by atoms with van der Waals surface area (Å²) < 4.78 is 5.13. The molecule has 2 amide bonds. The SMILES string of the molecule is C[C@H](NC(=O)OC(C)(C)C)C(=O)NCCCNCCCCNCCCN. The number of rotatable bonds is 14. The summed E-state index contributed by atoms with van der Waals surface area (Å²) in [4.78, 5) is 23.5. The minimum atomic E-state index is -0.621. The maximum absolute atomic E-state index is 11.9. The average molecular weight is 374 g/mol. The molecule has 0 spiro atoms. The predicted molar refractivity (Wildman–Crippen MR) is 105 cm³/mol. The van der Waals surface area contributed by atoms with Crippen molar-refractivity contribution in [1.82, 2.24) is 21.3 Å². The van der Waals surface area contributed by atoms with Gasteiger partial charge in [-0.05, 0) is 86.1 Å². The van der Waals surface area contributed by atoms with Gasteiger partial charge in [0.15, 0.2) is 0 Å². The normalized spacial score (nSPS) is 12.5. The molecular formula is C18H39N5O3. The molecule has 0 saturated carbocycles. The van der Waals surface area contributed by atoms with E-state index in [0.29, 0.717) is 6.54 Å². The van der Waals surface area contributed by atoms with Crippen LogP contribution < -0.4 is 27.0 Å². The molecule has 0 aliphatic rings. The van der Waals surface area contributed by atoms with E-state index in [-0.39, 0.29) is 5.91 Å². The number of alkyl carbamates (subject to hydrolysis) is 1. The van der Waals surface area contributed by atoms with E-state index in [9.17, 15) is 9.59 Å². The van der Waals surface area contributed by atoms with Gasteiger partial charge in [-0.1, -0.05) is 0 Å². The quantitative estimate of drug-likeness (QED) is 0.286. The Hall–Kier alpha value is -1.38. The maximum atomic E-state index is 11.9. The van der Waals surface area contributed by atoms with Crippen LogP contribution in [0.2, 0.25) is 0 Å². The highest BCUT2D eigenvalue weighted by Gasteiger charge is 2.20. The monoisotopic (exact) mass is 373 g/mol. The molecule has 0 radical (unpaired) electrons. The maximum Gasteiger partial charge on any atom is 0.408 e. The molecule has 154 valence electrons. The van der Waals surface area contributed by atoms with Gasteiger partial charge in [-0.25, -0.2) is 4.79 Å². The van der Waals surface area contributed by atoms with Gasteiger partial charge in [0.2, 0.25) is 5.91 Å². The number of hydrogen-bond donors (Lipinski definition) is 5. The van der Waals surface area contributed by atoms with Crippen molar-refractivity contribution in [2.75, 3.05) is 39.3 Å². The summed E-state index contributed by atoms with van der Waals surface area (Å²) in [6.07, 6.45) is 3.55. The standard InChI is InChI=1S/C18H39N5O3/c1-15(23-17(25)26-18(2,3)4)16(24)22-14-8-13-21-11-6-5-10-20-12-7-9-19/h15,20-21H,5-14,19H2,1-4H3,(H,22,24)(H,23,25)/t15-/m0/s1. The van der Waals surface area contributed by atoms with E-state index in [1.165, 1.54) is 0 Å². The zero-order valence-corrected chi connectivity index (χ0v) is 17.0. The second-order valence-corrected chi connectivity index (χ2v) is 7.36. The molecule has 0 aromatic heterocycles. The van der Waals surface area contributed by atoms with E-state index < -0.39 is 17.7 Å². The van der Waals surface area contributed by atoms with E-state index in [0.717, 1.165) is 58.4 Å².